The van der Waals surface area contributed by atoms with Crippen LogP contribution in [0.5, 0.6) is 0 Å². The van der Waals surface area contributed by atoms with E-state index in [1.165, 1.54) is 6.07 Å². The fraction of sp³-hybridized carbons (Fsp3) is 0.571. The molecule has 0 radical (unpaired) electrons. The molecule has 1 N–H and O–H groups in total. The number of nitrogens with one attached hydrogen (secondary N) is 1. The highest BCUT2D eigenvalue weighted by atomic mass is 19.4. The molecule has 2 rings (SSSR count). The SMILES string of the molecule is CNCC1CCCN(c2nc(C(F)(F)F)ccc2C#N)C1. The third-order valence-corrected chi connectivity index (χ3v) is 3.60. The highest BCUT2D eigenvalue weighted by molar-refractivity contribution is 5.55. The number of alkyl halides is 3. The lowest BCUT2D eigenvalue weighted by Crippen LogP contribution is -2.40. The van der Waals surface area contributed by atoms with Crippen molar-refractivity contribution in [1.29, 1.82) is 5.26 Å². The zero-order valence-corrected chi connectivity index (χ0v) is 11.7. The van der Waals surface area contributed by atoms with E-state index in [9.17, 15) is 13.2 Å². The summed E-state index contributed by atoms with van der Waals surface area (Å²) in [6.07, 6.45) is -2.59. The predicted octanol–water partition coefficient (Wildman–Crippen LogP) is 2.41. The molecular weight excluding hydrogens is 281 g/mol. The molecule has 0 spiro atoms. The van der Waals surface area contributed by atoms with E-state index in [4.69, 9.17) is 5.26 Å². The zero-order chi connectivity index (χ0) is 15.5. The second-order valence-electron chi connectivity index (χ2n) is 5.19. The molecule has 1 fully saturated rings. The molecule has 1 aliphatic heterocycles. The number of halogens is 3. The number of nitrogens with zero attached hydrogens (tertiary/aromatic N) is 3. The van der Waals surface area contributed by atoms with Crippen LogP contribution in [-0.4, -0.2) is 31.7 Å². The van der Waals surface area contributed by atoms with Crippen LogP contribution < -0.4 is 10.2 Å². The third-order valence-electron chi connectivity index (χ3n) is 3.60. The Labute approximate surface area is 121 Å². The summed E-state index contributed by atoms with van der Waals surface area (Å²) in [6, 6.07) is 3.99. The van der Waals surface area contributed by atoms with Crippen LogP contribution in [0, 0.1) is 17.2 Å². The fourth-order valence-electron chi connectivity index (χ4n) is 2.65. The Morgan fingerprint density at radius 1 is 1.48 bits per heavy atom. The standard InChI is InChI=1S/C14H17F3N4/c1-19-8-10-3-2-6-21(9-10)13-11(7-18)4-5-12(20-13)14(15,16)17/h4-5,10,19H,2-3,6,8-9H2,1H3. The van der Waals surface area contributed by atoms with Crippen molar-refractivity contribution in [2.45, 2.75) is 19.0 Å². The highest BCUT2D eigenvalue weighted by Crippen LogP contribution is 2.31. The number of hydrogen-bond acceptors (Lipinski definition) is 4. The van der Waals surface area contributed by atoms with Gasteiger partial charge in [-0.1, -0.05) is 0 Å². The Hall–Kier alpha value is -1.81. The second kappa shape index (κ2) is 6.31. The summed E-state index contributed by atoms with van der Waals surface area (Å²) in [6.45, 7) is 2.05. The van der Waals surface area contributed by atoms with E-state index in [2.05, 4.69) is 10.3 Å². The van der Waals surface area contributed by atoms with Gasteiger partial charge in [0.05, 0.1) is 5.56 Å². The molecule has 0 saturated carbocycles. The van der Waals surface area contributed by atoms with E-state index in [1.807, 2.05) is 13.1 Å². The smallest absolute Gasteiger partial charge is 0.355 e. The number of aromatic nitrogens is 1. The monoisotopic (exact) mass is 298 g/mol. The van der Waals surface area contributed by atoms with Crippen LogP contribution in [0.4, 0.5) is 19.0 Å². The van der Waals surface area contributed by atoms with Crippen molar-refractivity contribution in [1.82, 2.24) is 10.3 Å². The number of hydrogen-bond donors (Lipinski definition) is 1. The molecule has 21 heavy (non-hydrogen) atoms. The first kappa shape index (κ1) is 15.6. The maximum absolute atomic E-state index is 12.8. The molecule has 114 valence electrons. The van der Waals surface area contributed by atoms with Gasteiger partial charge in [0.2, 0.25) is 0 Å². The molecule has 0 bridgehead atoms. The molecule has 2 heterocycles. The highest BCUT2D eigenvalue weighted by Gasteiger charge is 2.34. The Morgan fingerprint density at radius 3 is 2.86 bits per heavy atom. The molecule has 0 amide bonds. The summed E-state index contributed by atoms with van der Waals surface area (Å²) >= 11 is 0. The Morgan fingerprint density at radius 2 is 2.24 bits per heavy atom. The largest absolute Gasteiger partial charge is 0.433 e. The quantitative estimate of drug-likeness (QED) is 0.931. The van der Waals surface area contributed by atoms with Crippen LogP contribution in [0.15, 0.2) is 12.1 Å². The van der Waals surface area contributed by atoms with Crippen LogP contribution >= 0.6 is 0 Å². The number of pyridine rings is 1. The average molecular weight is 298 g/mol. The first-order valence-electron chi connectivity index (χ1n) is 6.83. The number of piperidine rings is 1. The Kier molecular flexibility index (Phi) is 4.68. The Bertz CT molecular complexity index is 534. The lowest BCUT2D eigenvalue weighted by molar-refractivity contribution is -0.141. The average Bonchev–Trinajstić information content (AvgIpc) is 2.46. The first-order valence-corrected chi connectivity index (χ1v) is 6.83. The minimum atomic E-state index is -4.50. The van der Waals surface area contributed by atoms with Gasteiger partial charge >= 0.3 is 6.18 Å². The van der Waals surface area contributed by atoms with Gasteiger partial charge in [0, 0.05) is 13.1 Å². The van der Waals surface area contributed by atoms with Crippen molar-refractivity contribution >= 4 is 5.82 Å². The molecular formula is C14H17F3N4. The molecule has 1 aromatic heterocycles. The molecule has 1 aromatic rings. The van der Waals surface area contributed by atoms with E-state index in [1.54, 1.807) is 4.90 Å². The number of nitriles is 1. The molecule has 0 aromatic carbocycles. The van der Waals surface area contributed by atoms with Crippen LogP contribution in [-0.2, 0) is 6.18 Å². The fourth-order valence-corrected chi connectivity index (χ4v) is 2.65. The molecule has 1 unspecified atom stereocenters. The molecule has 1 saturated heterocycles. The van der Waals surface area contributed by atoms with Crippen molar-refractivity contribution in [3.8, 4) is 6.07 Å². The Balaban J connectivity index is 2.30. The minimum absolute atomic E-state index is 0.146. The van der Waals surface area contributed by atoms with Gasteiger partial charge in [0.1, 0.15) is 17.6 Å². The van der Waals surface area contributed by atoms with Crippen LogP contribution in [0.3, 0.4) is 0 Å². The van der Waals surface area contributed by atoms with E-state index < -0.39 is 11.9 Å². The van der Waals surface area contributed by atoms with Crippen molar-refractivity contribution in [2.75, 3.05) is 31.6 Å². The summed E-state index contributed by atoms with van der Waals surface area (Å²) in [5.41, 5.74) is -0.764. The van der Waals surface area contributed by atoms with Gasteiger partial charge in [-0.15, -0.1) is 0 Å². The second-order valence-corrected chi connectivity index (χ2v) is 5.19. The first-order chi connectivity index (χ1) is 9.95. The van der Waals surface area contributed by atoms with Crippen LogP contribution in [0.1, 0.15) is 24.1 Å². The lowest BCUT2D eigenvalue weighted by atomic mass is 9.97. The van der Waals surface area contributed by atoms with Crippen molar-refractivity contribution < 1.29 is 13.2 Å². The molecule has 1 atom stereocenters. The van der Waals surface area contributed by atoms with E-state index >= 15 is 0 Å². The van der Waals surface area contributed by atoms with Gasteiger partial charge in [0.25, 0.3) is 0 Å². The summed E-state index contributed by atoms with van der Waals surface area (Å²) in [7, 11) is 1.85. The van der Waals surface area contributed by atoms with Crippen molar-refractivity contribution in [3.05, 3.63) is 23.4 Å². The lowest BCUT2D eigenvalue weighted by Gasteiger charge is -2.34. The maximum Gasteiger partial charge on any atom is 0.433 e. The molecule has 0 aliphatic carbocycles. The minimum Gasteiger partial charge on any atom is -0.355 e. The van der Waals surface area contributed by atoms with Gasteiger partial charge in [-0.3, -0.25) is 0 Å². The number of anilines is 1. The van der Waals surface area contributed by atoms with Gasteiger partial charge in [-0.2, -0.15) is 18.4 Å². The molecule has 7 heteroatoms. The number of rotatable bonds is 3. The normalized spacial score (nSPS) is 19.4. The third kappa shape index (κ3) is 3.64. The topological polar surface area (TPSA) is 52.0 Å². The summed E-state index contributed by atoms with van der Waals surface area (Å²) < 4.78 is 38.4. The van der Waals surface area contributed by atoms with Crippen LogP contribution in [0.2, 0.25) is 0 Å². The van der Waals surface area contributed by atoms with E-state index in [0.717, 1.165) is 25.5 Å². The summed E-state index contributed by atoms with van der Waals surface area (Å²) in [5.74, 6) is 0.500. The summed E-state index contributed by atoms with van der Waals surface area (Å²) in [4.78, 5) is 5.48. The van der Waals surface area contributed by atoms with Gasteiger partial charge in [0.15, 0.2) is 0 Å². The van der Waals surface area contributed by atoms with E-state index in [-0.39, 0.29) is 11.4 Å². The maximum atomic E-state index is 12.8. The molecule has 1 aliphatic rings. The summed E-state index contributed by atoms with van der Waals surface area (Å²) in [5, 5.41) is 12.2. The van der Waals surface area contributed by atoms with Crippen molar-refractivity contribution in [2.24, 2.45) is 5.92 Å². The predicted molar refractivity (Wildman–Crippen MR) is 72.8 cm³/mol. The van der Waals surface area contributed by atoms with Gasteiger partial charge in [-0.25, -0.2) is 4.98 Å². The van der Waals surface area contributed by atoms with Gasteiger partial charge < -0.3 is 10.2 Å². The van der Waals surface area contributed by atoms with E-state index in [0.29, 0.717) is 19.0 Å². The zero-order valence-electron chi connectivity index (χ0n) is 11.7. The molecule has 4 nitrogen and oxygen atoms in total. The van der Waals surface area contributed by atoms with Gasteiger partial charge in [-0.05, 0) is 44.5 Å². The van der Waals surface area contributed by atoms with Crippen molar-refractivity contribution in [3.63, 3.8) is 0 Å². The van der Waals surface area contributed by atoms with Crippen LogP contribution in [0.25, 0.3) is 0 Å².